The van der Waals surface area contributed by atoms with Crippen LogP contribution >= 0.6 is 23.2 Å². The number of rotatable bonds is 12. The summed E-state index contributed by atoms with van der Waals surface area (Å²) in [4.78, 5) is 27.0. The van der Waals surface area contributed by atoms with Crippen molar-refractivity contribution in [1.82, 2.24) is 14.6 Å². The number of hydrogen-bond donors (Lipinski definition) is 1. The molecule has 61 heavy (non-hydrogen) atoms. The van der Waals surface area contributed by atoms with Gasteiger partial charge < -0.3 is 14.4 Å². The van der Waals surface area contributed by atoms with Crippen LogP contribution in [-0.4, -0.2) is 69.8 Å². The monoisotopic (exact) mass is 880 g/mol. The molecule has 1 N–H and O–H groups in total. The number of nitriles is 1. The van der Waals surface area contributed by atoms with Crippen LogP contribution in [-0.2, 0) is 16.6 Å². The average Bonchev–Trinajstić information content (AvgIpc) is 3.75. The summed E-state index contributed by atoms with van der Waals surface area (Å²) >= 11 is 12.7. The largest absolute Gasteiger partial charge is 0.476 e. The van der Waals surface area contributed by atoms with Gasteiger partial charge in [-0.05, 0) is 109 Å². The molecule has 3 heterocycles. The number of amides is 1. The van der Waals surface area contributed by atoms with Gasteiger partial charge in [-0.15, -0.1) is 0 Å². The van der Waals surface area contributed by atoms with Crippen molar-refractivity contribution in [2.75, 3.05) is 44.2 Å². The molecule has 0 bridgehead atoms. The van der Waals surface area contributed by atoms with Crippen molar-refractivity contribution in [3.63, 3.8) is 0 Å². The van der Waals surface area contributed by atoms with E-state index in [0.717, 1.165) is 106 Å². The van der Waals surface area contributed by atoms with Crippen molar-refractivity contribution in [3.8, 4) is 23.4 Å². The number of anilines is 1. The summed E-state index contributed by atoms with van der Waals surface area (Å²) in [6.45, 7) is 9.72. The van der Waals surface area contributed by atoms with Crippen LogP contribution in [0.3, 0.4) is 0 Å². The van der Waals surface area contributed by atoms with Crippen LogP contribution in [0.2, 0.25) is 10.0 Å². The molecule has 1 saturated carbocycles. The molecule has 14 heteroatoms. The fourth-order valence-corrected chi connectivity index (χ4v) is 10.1. The molecule has 1 saturated heterocycles. The Morgan fingerprint density at radius 1 is 0.984 bits per heavy atom. The Balaban J connectivity index is 0.977. The first kappa shape index (κ1) is 42.7. The number of pyridine rings is 1. The average molecular weight is 882 g/mol. The summed E-state index contributed by atoms with van der Waals surface area (Å²) in [5.74, 6) is 0.312. The van der Waals surface area contributed by atoms with Gasteiger partial charge >= 0.3 is 0 Å². The van der Waals surface area contributed by atoms with Gasteiger partial charge in [0.25, 0.3) is 15.9 Å². The molecule has 1 amide bonds. The van der Waals surface area contributed by atoms with Crippen LogP contribution in [0.4, 0.5) is 5.69 Å². The fraction of sp³-hybridized carbons (Fsp3) is 0.404. The molecular formula is C47H50Cl2N6O5S. The van der Waals surface area contributed by atoms with Crippen LogP contribution < -0.4 is 19.1 Å². The Hall–Kier alpha value is -4.93. The quantitative estimate of drug-likeness (QED) is 0.148. The van der Waals surface area contributed by atoms with Gasteiger partial charge in [0.1, 0.15) is 21.4 Å². The standard InChI is InChI=1S/C47H50Cl2N6O5S/c1-47(2)17-16-35(40(24-47)33-10-12-36(48)13-11-33)29-54-18-20-55(21-19-54)37-14-15-39(44(22-37)60-43-5-3-4-34-26-51-28-41(34)43)45(56)53-61(57,58)38-23-42(49)46(52-27-38)59-30-32-8-6-31(25-50)7-9-32/h3-5,10-15,22-23,27-28,31-32H,6-9,16-21,24,26,29-30H2,1-2H3,(H,53,56). The number of nitrogens with zero attached hydrogens (tertiary/aromatic N) is 5. The maximum Gasteiger partial charge on any atom is 0.268 e. The Morgan fingerprint density at radius 2 is 1.75 bits per heavy atom. The Labute approximate surface area is 368 Å². The summed E-state index contributed by atoms with van der Waals surface area (Å²) in [5.41, 5.74) is 7.13. The minimum atomic E-state index is -4.40. The highest BCUT2D eigenvalue weighted by atomic mass is 35.5. The van der Waals surface area contributed by atoms with Crippen molar-refractivity contribution in [3.05, 3.63) is 111 Å². The second-order valence-corrected chi connectivity index (χ2v) is 19.9. The van der Waals surface area contributed by atoms with Crippen LogP contribution in [0, 0.1) is 28.6 Å². The van der Waals surface area contributed by atoms with Gasteiger partial charge in [-0.1, -0.05) is 66.9 Å². The number of aliphatic imine (C=N–C) groups is 1. The lowest BCUT2D eigenvalue weighted by molar-refractivity contribution is 0.0979. The number of halogens is 2. The van der Waals surface area contributed by atoms with E-state index >= 15 is 0 Å². The van der Waals surface area contributed by atoms with Gasteiger partial charge in [-0.25, -0.2) is 18.1 Å². The molecule has 2 aliphatic heterocycles. The predicted molar refractivity (Wildman–Crippen MR) is 239 cm³/mol. The molecular weight excluding hydrogens is 832 g/mol. The molecule has 2 aliphatic carbocycles. The Kier molecular flexibility index (Phi) is 12.8. The third kappa shape index (κ3) is 10.1. The van der Waals surface area contributed by atoms with Crippen molar-refractivity contribution < 1.29 is 22.7 Å². The maximum atomic E-state index is 13.9. The molecule has 0 atom stereocenters. The molecule has 318 valence electrons. The molecule has 0 radical (unpaired) electrons. The number of carbonyl (C=O) groups is 1. The van der Waals surface area contributed by atoms with Gasteiger partial charge in [0.2, 0.25) is 5.88 Å². The van der Waals surface area contributed by atoms with Crippen molar-refractivity contribution in [2.45, 2.75) is 70.2 Å². The lowest BCUT2D eigenvalue weighted by Crippen LogP contribution is -2.47. The number of benzene rings is 3. The van der Waals surface area contributed by atoms with Crippen molar-refractivity contribution in [1.29, 1.82) is 5.26 Å². The van der Waals surface area contributed by atoms with E-state index in [2.05, 4.69) is 56.5 Å². The molecule has 8 rings (SSSR count). The normalized spacial score (nSPS) is 20.2. The third-order valence-electron chi connectivity index (χ3n) is 12.4. The second-order valence-electron chi connectivity index (χ2n) is 17.3. The summed E-state index contributed by atoms with van der Waals surface area (Å²) in [7, 11) is -4.40. The molecule has 4 aromatic rings. The van der Waals surface area contributed by atoms with Gasteiger partial charge in [-0.2, -0.15) is 5.26 Å². The third-order valence-corrected chi connectivity index (χ3v) is 14.2. The minimum Gasteiger partial charge on any atom is -0.476 e. The van der Waals surface area contributed by atoms with E-state index in [1.165, 1.54) is 22.8 Å². The zero-order valence-electron chi connectivity index (χ0n) is 34.5. The van der Waals surface area contributed by atoms with E-state index in [1.54, 1.807) is 12.3 Å². The van der Waals surface area contributed by atoms with E-state index in [0.29, 0.717) is 18.9 Å². The fourth-order valence-electron chi connectivity index (χ4n) is 8.75. The lowest BCUT2D eigenvalue weighted by Gasteiger charge is -2.39. The number of hydrogen-bond acceptors (Lipinski definition) is 10. The predicted octanol–water partition coefficient (Wildman–Crippen LogP) is 9.73. The molecule has 11 nitrogen and oxygen atoms in total. The topological polar surface area (TPSA) is 137 Å². The molecule has 1 aromatic heterocycles. The number of aromatic nitrogens is 1. The summed E-state index contributed by atoms with van der Waals surface area (Å²) in [6, 6.07) is 22.7. The summed E-state index contributed by atoms with van der Waals surface area (Å²) in [5, 5.41) is 9.94. The van der Waals surface area contributed by atoms with Gasteiger partial charge in [0.05, 0.1) is 31.0 Å². The van der Waals surface area contributed by atoms with Crippen molar-refractivity contribution in [2.24, 2.45) is 22.2 Å². The number of nitrogens with one attached hydrogen (secondary N) is 1. The number of sulfonamides is 1. The minimum absolute atomic E-state index is 0.00974. The second kappa shape index (κ2) is 18.2. The highest BCUT2D eigenvalue weighted by Gasteiger charge is 2.31. The van der Waals surface area contributed by atoms with Crippen LogP contribution in [0.25, 0.3) is 5.57 Å². The molecule has 0 spiro atoms. The Bertz CT molecular complexity index is 2500. The number of ether oxygens (including phenoxy) is 2. The molecule has 0 unspecified atom stereocenters. The number of fused-ring (bicyclic) bond motifs is 1. The first-order valence-electron chi connectivity index (χ1n) is 21.0. The van der Waals surface area contributed by atoms with E-state index in [-0.39, 0.29) is 44.4 Å². The summed E-state index contributed by atoms with van der Waals surface area (Å²) in [6.07, 6.45) is 9.49. The number of allylic oxidation sites excluding steroid dienone is 1. The van der Waals surface area contributed by atoms with E-state index < -0.39 is 15.9 Å². The van der Waals surface area contributed by atoms with E-state index in [4.69, 9.17) is 32.7 Å². The highest BCUT2D eigenvalue weighted by molar-refractivity contribution is 7.90. The smallest absolute Gasteiger partial charge is 0.268 e. The summed E-state index contributed by atoms with van der Waals surface area (Å²) < 4.78 is 41.8. The SMILES string of the molecule is CC1(C)CCC(CN2CCN(c3ccc(C(=O)NS(=O)(=O)c4cnc(OCC5CCC(C#N)CC5)c(Cl)c4)c(Oc4cccc5c4C=NC5)c3)CC2)=C(c2ccc(Cl)cc2)C1. The maximum absolute atomic E-state index is 13.9. The molecule has 4 aliphatic rings. The van der Waals surface area contributed by atoms with Crippen LogP contribution in [0.1, 0.15) is 85.8 Å². The van der Waals surface area contributed by atoms with E-state index in [9.17, 15) is 18.5 Å². The first-order chi connectivity index (χ1) is 29.3. The van der Waals surface area contributed by atoms with Gasteiger partial charge in [0.15, 0.2) is 0 Å². The zero-order chi connectivity index (χ0) is 42.7. The van der Waals surface area contributed by atoms with Gasteiger partial charge in [0, 0.05) is 67.2 Å². The highest BCUT2D eigenvalue weighted by Crippen LogP contribution is 2.44. The van der Waals surface area contributed by atoms with Crippen LogP contribution in [0.5, 0.6) is 17.4 Å². The zero-order valence-corrected chi connectivity index (χ0v) is 36.8. The van der Waals surface area contributed by atoms with Crippen LogP contribution in [0.15, 0.2) is 88.4 Å². The lowest BCUT2D eigenvalue weighted by atomic mass is 9.72. The molecule has 2 fully saturated rings. The first-order valence-corrected chi connectivity index (χ1v) is 23.2. The number of carbonyl (C=O) groups excluding carboxylic acids is 1. The van der Waals surface area contributed by atoms with E-state index in [1.807, 2.05) is 42.5 Å². The molecule has 3 aromatic carbocycles. The Morgan fingerprint density at radius 3 is 2.49 bits per heavy atom. The van der Waals surface area contributed by atoms with Crippen molar-refractivity contribution >= 4 is 56.6 Å². The number of piperazine rings is 1. The van der Waals surface area contributed by atoms with Gasteiger partial charge in [-0.3, -0.25) is 14.7 Å².